The lowest BCUT2D eigenvalue weighted by Gasteiger charge is -2.12. The van der Waals surface area contributed by atoms with E-state index >= 15 is 0 Å². The number of nitrogens with zero attached hydrogens (tertiary/aromatic N) is 1. The molecule has 0 fully saturated rings. The Kier molecular flexibility index (Phi) is 4.07. The van der Waals surface area contributed by atoms with Gasteiger partial charge < -0.3 is 19.5 Å². The second kappa shape index (κ2) is 5.32. The minimum atomic E-state index is -1.14. The molecular formula is C10H13NO5. The first kappa shape index (κ1) is 12.3. The van der Waals surface area contributed by atoms with E-state index in [0.29, 0.717) is 12.2 Å². The third-order valence-electron chi connectivity index (χ3n) is 2.07. The zero-order valence-corrected chi connectivity index (χ0v) is 8.84. The maximum atomic E-state index is 11.4. The topological polar surface area (TPSA) is 88.8 Å². The molecule has 1 aromatic heterocycles. The highest BCUT2D eigenvalue weighted by Gasteiger charge is 2.09. The first-order chi connectivity index (χ1) is 7.56. The Hall–Kier alpha value is -1.82. The van der Waals surface area contributed by atoms with Crippen LogP contribution in [0.2, 0.25) is 0 Å². The quantitative estimate of drug-likeness (QED) is 0.715. The van der Waals surface area contributed by atoms with E-state index in [1.807, 2.05) is 0 Å². The summed E-state index contributed by atoms with van der Waals surface area (Å²) in [6, 6.07) is 1.28. The number of aliphatic hydroxyl groups is 1. The highest BCUT2D eigenvalue weighted by atomic mass is 16.5. The summed E-state index contributed by atoms with van der Waals surface area (Å²) in [7, 11) is 0. The molecule has 6 nitrogen and oxygen atoms in total. The maximum Gasteiger partial charge on any atom is 0.341 e. The van der Waals surface area contributed by atoms with Gasteiger partial charge in [0.15, 0.2) is 12.4 Å². The van der Waals surface area contributed by atoms with E-state index < -0.39 is 12.6 Å². The van der Waals surface area contributed by atoms with Crippen LogP contribution in [0.5, 0.6) is 5.75 Å². The molecule has 0 aliphatic rings. The van der Waals surface area contributed by atoms with Crippen molar-refractivity contribution in [2.24, 2.45) is 0 Å². The summed E-state index contributed by atoms with van der Waals surface area (Å²) < 4.78 is 6.53. The van der Waals surface area contributed by atoms with Crippen LogP contribution < -0.4 is 10.2 Å². The van der Waals surface area contributed by atoms with Crippen molar-refractivity contribution in [1.82, 2.24) is 4.57 Å². The minimum absolute atomic E-state index is 0.0124. The minimum Gasteiger partial charge on any atom is -0.479 e. The van der Waals surface area contributed by atoms with Crippen molar-refractivity contribution in [2.45, 2.75) is 13.5 Å². The van der Waals surface area contributed by atoms with Gasteiger partial charge in [-0.25, -0.2) is 4.79 Å². The average Bonchev–Trinajstić information content (AvgIpc) is 2.22. The Morgan fingerprint density at radius 1 is 1.56 bits per heavy atom. The molecule has 0 spiro atoms. The highest BCUT2D eigenvalue weighted by molar-refractivity contribution is 5.68. The Balaban J connectivity index is 3.01. The van der Waals surface area contributed by atoms with Gasteiger partial charge in [0, 0.05) is 18.8 Å². The number of rotatable bonds is 5. The third-order valence-corrected chi connectivity index (χ3v) is 2.07. The van der Waals surface area contributed by atoms with Crippen LogP contribution in [0.15, 0.2) is 17.1 Å². The molecule has 2 N–H and O–H groups in total. The number of hydrogen-bond acceptors (Lipinski definition) is 4. The molecule has 0 aliphatic carbocycles. The van der Waals surface area contributed by atoms with Crippen LogP contribution in [-0.4, -0.2) is 34.0 Å². The molecule has 0 aromatic carbocycles. The Labute approximate surface area is 91.7 Å². The number of carboxylic acid groups (broad SMARTS) is 1. The predicted octanol–water partition coefficient (Wildman–Crippen LogP) is -0.388. The average molecular weight is 227 g/mol. The molecule has 0 atom stereocenters. The zero-order chi connectivity index (χ0) is 12.1. The molecule has 0 unspecified atom stereocenters. The van der Waals surface area contributed by atoms with Gasteiger partial charge in [0.1, 0.15) is 0 Å². The molecule has 6 heteroatoms. The van der Waals surface area contributed by atoms with E-state index in [1.54, 1.807) is 11.5 Å². The summed E-state index contributed by atoms with van der Waals surface area (Å²) >= 11 is 0. The van der Waals surface area contributed by atoms with Crippen molar-refractivity contribution in [3.63, 3.8) is 0 Å². The molecule has 1 aromatic rings. The summed E-state index contributed by atoms with van der Waals surface area (Å²) in [6.07, 6.45) is 1.53. The molecule has 1 rings (SSSR count). The Bertz CT molecular complexity index is 437. The van der Waals surface area contributed by atoms with Crippen LogP contribution in [0.1, 0.15) is 5.69 Å². The number of hydrogen-bond donors (Lipinski definition) is 2. The third kappa shape index (κ3) is 2.83. The maximum absolute atomic E-state index is 11.4. The lowest BCUT2D eigenvalue weighted by molar-refractivity contribution is -0.139. The van der Waals surface area contributed by atoms with Crippen LogP contribution in [0, 0.1) is 6.92 Å². The predicted molar refractivity (Wildman–Crippen MR) is 55.7 cm³/mol. The molecule has 0 saturated heterocycles. The van der Waals surface area contributed by atoms with E-state index in [-0.39, 0.29) is 17.8 Å². The van der Waals surface area contributed by atoms with E-state index in [2.05, 4.69) is 0 Å². The summed E-state index contributed by atoms with van der Waals surface area (Å²) in [4.78, 5) is 21.7. The lowest BCUT2D eigenvalue weighted by Crippen LogP contribution is -2.19. The van der Waals surface area contributed by atoms with Crippen LogP contribution >= 0.6 is 0 Å². The first-order valence-corrected chi connectivity index (χ1v) is 4.71. The van der Waals surface area contributed by atoms with Gasteiger partial charge in [-0.05, 0) is 6.92 Å². The molecule has 0 aliphatic heterocycles. The fourth-order valence-electron chi connectivity index (χ4n) is 1.31. The summed E-state index contributed by atoms with van der Waals surface area (Å²) in [6.45, 7) is 1.34. The van der Waals surface area contributed by atoms with Gasteiger partial charge in [0.05, 0.1) is 12.3 Å². The zero-order valence-electron chi connectivity index (χ0n) is 8.84. The smallest absolute Gasteiger partial charge is 0.341 e. The van der Waals surface area contributed by atoms with Crippen molar-refractivity contribution in [1.29, 1.82) is 0 Å². The van der Waals surface area contributed by atoms with Gasteiger partial charge in [-0.2, -0.15) is 0 Å². The van der Waals surface area contributed by atoms with Gasteiger partial charge in [-0.3, -0.25) is 4.79 Å². The molecule has 1 heterocycles. The molecule has 0 saturated carbocycles. The van der Waals surface area contributed by atoms with Crippen molar-refractivity contribution in [3.05, 3.63) is 28.2 Å². The van der Waals surface area contributed by atoms with Crippen LogP contribution in [0.25, 0.3) is 0 Å². The van der Waals surface area contributed by atoms with E-state index in [1.165, 1.54) is 12.3 Å². The molecule has 88 valence electrons. The fourth-order valence-corrected chi connectivity index (χ4v) is 1.31. The normalized spacial score (nSPS) is 10.1. The van der Waals surface area contributed by atoms with Crippen LogP contribution in [-0.2, 0) is 11.3 Å². The van der Waals surface area contributed by atoms with E-state index in [9.17, 15) is 9.59 Å². The van der Waals surface area contributed by atoms with Crippen molar-refractivity contribution in [2.75, 3.05) is 13.2 Å². The molecule has 0 bridgehead atoms. The number of aromatic nitrogens is 1. The Morgan fingerprint density at radius 2 is 2.25 bits per heavy atom. The number of pyridine rings is 1. The largest absolute Gasteiger partial charge is 0.479 e. The molecule has 16 heavy (non-hydrogen) atoms. The number of aliphatic carboxylic acids is 1. The van der Waals surface area contributed by atoms with Gasteiger partial charge in [-0.15, -0.1) is 0 Å². The van der Waals surface area contributed by atoms with Gasteiger partial charge in [-0.1, -0.05) is 0 Å². The van der Waals surface area contributed by atoms with Crippen LogP contribution in [0.4, 0.5) is 0 Å². The highest BCUT2D eigenvalue weighted by Crippen LogP contribution is 2.11. The first-order valence-electron chi connectivity index (χ1n) is 4.71. The molecular weight excluding hydrogens is 214 g/mol. The number of carboxylic acids is 1. The summed E-state index contributed by atoms with van der Waals surface area (Å²) in [5.74, 6) is -1.13. The van der Waals surface area contributed by atoms with Gasteiger partial charge in [0.2, 0.25) is 5.43 Å². The standard InChI is InChI=1S/C10H13NO5/c1-7-10(16-6-9(14)15)8(13)2-3-11(7)4-5-12/h2-3,12H,4-6H2,1H3,(H,14,15). The van der Waals surface area contributed by atoms with E-state index in [4.69, 9.17) is 14.9 Å². The van der Waals surface area contributed by atoms with Crippen molar-refractivity contribution >= 4 is 5.97 Å². The van der Waals surface area contributed by atoms with Gasteiger partial charge >= 0.3 is 5.97 Å². The Morgan fingerprint density at radius 3 is 2.81 bits per heavy atom. The molecule has 0 radical (unpaired) electrons. The number of ether oxygens (including phenoxy) is 1. The van der Waals surface area contributed by atoms with Crippen molar-refractivity contribution in [3.8, 4) is 5.75 Å². The second-order valence-electron chi connectivity index (χ2n) is 3.19. The number of aliphatic hydroxyl groups excluding tert-OH is 1. The second-order valence-corrected chi connectivity index (χ2v) is 3.19. The van der Waals surface area contributed by atoms with Crippen LogP contribution in [0.3, 0.4) is 0 Å². The van der Waals surface area contributed by atoms with Crippen molar-refractivity contribution < 1.29 is 19.7 Å². The summed E-state index contributed by atoms with van der Waals surface area (Å²) in [5, 5.41) is 17.2. The number of carbonyl (C=O) groups is 1. The monoisotopic (exact) mass is 227 g/mol. The fraction of sp³-hybridized carbons (Fsp3) is 0.400. The van der Waals surface area contributed by atoms with Gasteiger partial charge in [0.25, 0.3) is 0 Å². The SMILES string of the molecule is Cc1c(OCC(=O)O)c(=O)ccn1CCO. The summed E-state index contributed by atoms with van der Waals surface area (Å²) in [5.41, 5.74) is 0.135. The molecule has 0 amide bonds. The lowest BCUT2D eigenvalue weighted by atomic mass is 10.3. The van der Waals surface area contributed by atoms with E-state index in [0.717, 1.165) is 0 Å².